The third-order valence-corrected chi connectivity index (χ3v) is 7.05. The van der Waals surface area contributed by atoms with Gasteiger partial charge in [0.25, 0.3) is 0 Å². The summed E-state index contributed by atoms with van der Waals surface area (Å²) in [4.78, 5) is 0. The van der Waals surface area contributed by atoms with Crippen LogP contribution in [0.4, 0.5) is 39.5 Å². The summed E-state index contributed by atoms with van der Waals surface area (Å²) in [7, 11) is 0. The highest BCUT2D eigenvalue weighted by Crippen LogP contribution is 2.39. The van der Waals surface area contributed by atoms with Crippen molar-refractivity contribution in [3.63, 3.8) is 0 Å². The second-order valence-corrected chi connectivity index (χ2v) is 10.2. The highest BCUT2D eigenvalue weighted by Gasteiger charge is 2.42. The quantitative estimate of drug-likeness (QED) is 0.144. The highest BCUT2D eigenvalue weighted by molar-refractivity contribution is 5.72. The molecule has 0 N–H and O–H groups in total. The summed E-state index contributed by atoms with van der Waals surface area (Å²) in [6.45, 7) is 2.53. The minimum Gasteiger partial charge on any atom is -0.429 e. The molecule has 0 bridgehead atoms. The standard InChI is InChI=1S/C32H23F9O3/c1-2-3-16-14-42-31(43-15-16)19-11-25(35)29(26(36)12-19)32(40,41)44-20-5-7-21(24(34)13-20)17-4-6-22(23(33)8-17)18-9-27(37)30(39)28(38)10-18/h4-13,16,31H,2-3,14-15H2,1H3. The first-order valence-electron chi connectivity index (χ1n) is 13.4. The fourth-order valence-electron chi connectivity index (χ4n) is 4.94. The van der Waals surface area contributed by atoms with Gasteiger partial charge in [0, 0.05) is 28.7 Å². The molecule has 1 aliphatic heterocycles. The van der Waals surface area contributed by atoms with E-state index in [0.717, 1.165) is 37.1 Å². The fourth-order valence-corrected chi connectivity index (χ4v) is 4.94. The smallest absolute Gasteiger partial charge is 0.429 e. The molecule has 1 heterocycles. The number of alkyl halides is 2. The van der Waals surface area contributed by atoms with Gasteiger partial charge in [-0.2, -0.15) is 8.78 Å². The third-order valence-electron chi connectivity index (χ3n) is 7.05. The molecular formula is C32H23F9O3. The van der Waals surface area contributed by atoms with Gasteiger partial charge in [-0.25, -0.2) is 30.7 Å². The molecule has 0 amide bonds. The molecule has 12 heteroatoms. The lowest BCUT2D eigenvalue weighted by molar-refractivity contribution is -0.206. The van der Waals surface area contributed by atoms with Crippen molar-refractivity contribution in [3.8, 4) is 28.0 Å². The van der Waals surface area contributed by atoms with Crippen molar-refractivity contribution < 1.29 is 53.7 Å². The molecule has 232 valence electrons. The van der Waals surface area contributed by atoms with Crippen molar-refractivity contribution in [2.24, 2.45) is 5.92 Å². The molecule has 0 spiro atoms. The Labute approximate surface area is 245 Å². The van der Waals surface area contributed by atoms with Crippen LogP contribution in [-0.4, -0.2) is 13.2 Å². The van der Waals surface area contributed by atoms with Crippen LogP contribution in [0.25, 0.3) is 22.3 Å². The van der Waals surface area contributed by atoms with Crippen LogP contribution >= 0.6 is 0 Å². The van der Waals surface area contributed by atoms with E-state index in [1.807, 2.05) is 6.92 Å². The maximum Gasteiger partial charge on any atom is 0.432 e. The van der Waals surface area contributed by atoms with Gasteiger partial charge in [-0.1, -0.05) is 25.5 Å². The number of benzene rings is 4. The number of hydrogen-bond donors (Lipinski definition) is 0. The van der Waals surface area contributed by atoms with Crippen molar-refractivity contribution in [1.29, 1.82) is 0 Å². The van der Waals surface area contributed by atoms with E-state index in [1.54, 1.807) is 0 Å². The minimum absolute atomic E-state index is 0.0917. The maximum atomic E-state index is 15.0. The van der Waals surface area contributed by atoms with Crippen LogP contribution in [0.15, 0.2) is 60.7 Å². The van der Waals surface area contributed by atoms with Gasteiger partial charge in [0.05, 0.1) is 13.2 Å². The lowest BCUT2D eigenvalue weighted by Gasteiger charge is -2.30. The van der Waals surface area contributed by atoms with E-state index < -0.39 is 64.4 Å². The normalized spacial score (nSPS) is 17.1. The first kappa shape index (κ1) is 31.4. The Hall–Kier alpha value is -4.03. The predicted octanol–water partition coefficient (Wildman–Crippen LogP) is 9.58. The Bertz CT molecular complexity index is 1640. The SMILES string of the molecule is CCCC1COC(c2cc(F)c(C(F)(F)Oc3ccc(-c4ccc(-c5cc(F)c(F)c(F)c5)c(F)c4)c(F)c3)c(F)c2)OC1. The lowest BCUT2D eigenvalue weighted by atomic mass is 9.99. The maximum absolute atomic E-state index is 15.0. The van der Waals surface area contributed by atoms with E-state index >= 15 is 0 Å². The van der Waals surface area contributed by atoms with E-state index in [4.69, 9.17) is 9.47 Å². The van der Waals surface area contributed by atoms with Crippen LogP contribution in [0.3, 0.4) is 0 Å². The molecule has 0 aromatic heterocycles. The van der Waals surface area contributed by atoms with Crippen molar-refractivity contribution in [1.82, 2.24) is 0 Å². The average molecular weight is 627 g/mol. The molecule has 1 fully saturated rings. The van der Waals surface area contributed by atoms with Crippen LogP contribution < -0.4 is 4.74 Å². The van der Waals surface area contributed by atoms with Crippen LogP contribution in [0.2, 0.25) is 0 Å². The average Bonchev–Trinajstić information content (AvgIpc) is 2.95. The van der Waals surface area contributed by atoms with Crippen LogP contribution in [-0.2, 0) is 15.6 Å². The van der Waals surface area contributed by atoms with Gasteiger partial charge in [0.2, 0.25) is 0 Å². The van der Waals surface area contributed by atoms with Gasteiger partial charge in [-0.15, -0.1) is 0 Å². The molecule has 0 radical (unpaired) electrons. The van der Waals surface area contributed by atoms with E-state index in [9.17, 15) is 39.5 Å². The molecule has 1 aliphatic rings. The molecule has 5 rings (SSSR count). The van der Waals surface area contributed by atoms with Crippen LogP contribution in [0.5, 0.6) is 5.75 Å². The third kappa shape index (κ3) is 6.41. The summed E-state index contributed by atoms with van der Waals surface area (Å²) >= 11 is 0. The summed E-state index contributed by atoms with van der Waals surface area (Å²) in [6, 6.07) is 7.89. The number of ether oxygens (including phenoxy) is 3. The van der Waals surface area contributed by atoms with E-state index in [-0.39, 0.29) is 46.9 Å². The largest absolute Gasteiger partial charge is 0.432 e. The van der Waals surface area contributed by atoms with Crippen LogP contribution in [0.1, 0.15) is 37.2 Å². The second-order valence-electron chi connectivity index (χ2n) is 10.2. The molecule has 4 aromatic carbocycles. The Morgan fingerprint density at radius 2 is 1.23 bits per heavy atom. The molecule has 0 saturated carbocycles. The van der Waals surface area contributed by atoms with E-state index in [1.165, 1.54) is 6.07 Å². The van der Waals surface area contributed by atoms with Gasteiger partial charge in [-0.3, -0.25) is 0 Å². The van der Waals surface area contributed by atoms with Gasteiger partial charge in [-0.05, 0) is 60.0 Å². The molecule has 0 unspecified atom stereocenters. The zero-order chi connectivity index (χ0) is 31.8. The van der Waals surface area contributed by atoms with Gasteiger partial charge < -0.3 is 14.2 Å². The first-order valence-corrected chi connectivity index (χ1v) is 13.4. The number of hydrogen-bond acceptors (Lipinski definition) is 3. The molecule has 0 aliphatic carbocycles. The Balaban J connectivity index is 1.34. The predicted molar refractivity (Wildman–Crippen MR) is 141 cm³/mol. The Morgan fingerprint density at radius 1 is 0.682 bits per heavy atom. The summed E-state index contributed by atoms with van der Waals surface area (Å²) in [5.41, 5.74) is -2.86. The Kier molecular flexibility index (Phi) is 8.94. The van der Waals surface area contributed by atoms with Crippen molar-refractivity contribution in [2.75, 3.05) is 13.2 Å². The van der Waals surface area contributed by atoms with Gasteiger partial charge in [0.15, 0.2) is 23.7 Å². The minimum atomic E-state index is -4.57. The molecule has 3 nitrogen and oxygen atoms in total. The molecule has 4 aromatic rings. The Morgan fingerprint density at radius 3 is 1.80 bits per heavy atom. The van der Waals surface area contributed by atoms with E-state index in [2.05, 4.69) is 4.74 Å². The topological polar surface area (TPSA) is 27.7 Å². The number of rotatable bonds is 8. The van der Waals surface area contributed by atoms with Crippen molar-refractivity contribution in [3.05, 3.63) is 113 Å². The molecular weight excluding hydrogens is 603 g/mol. The molecule has 0 atom stereocenters. The highest BCUT2D eigenvalue weighted by atomic mass is 19.3. The van der Waals surface area contributed by atoms with Crippen LogP contribution in [0, 0.1) is 46.6 Å². The zero-order valence-electron chi connectivity index (χ0n) is 22.9. The van der Waals surface area contributed by atoms with E-state index in [0.29, 0.717) is 30.3 Å². The molecule has 44 heavy (non-hydrogen) atoms. The summed E-state index contributed by atoms with van der Waals surface area (Å²) in [5, 5.41) is 0. The second kappa shape index (κ2) is 12.5. The fraction of sp³-hybridized carbons (Fsp3) is 0.250. The van der Waals surface area contributed by atoms with Crippen molar-refractivity contribution in [2.45, 2.75) is 32.2 Å². The zero-order valence-corrected chi connectivity index (χ0v) is 22.9. The number of halogens is 9. The summed E-state index contributed by atoms with van der Waals surface area (Å²) in [6.07, 6.45) is -4.01. The summed E-state index contributed by atoms with van der Waals surface area (Å²) < 4.78 is 145. The summed E-state index contributed by atoms with van der Waals surface area (Å²) in [5.74, 6) is -11.0. The molecule has 1 saturated heterocycles. The monoisotopic (exact) mass is 626 g/mol. The lowest BCUT2D eigenvalue weighted by Crippen LogP contribution is -2.28. The van der Waals surface area contributed by atoms with Crippen molar-refractivity contribution >= 4 is 0 Å². The van der Waals surface area contributed by atoms with Gasteiger partial charge in [0.1, 0.15) is 34.6 Å². The van der Waals surface area contributed by atoms with Gasteiger partial charge >= 0.3 is 6.11 Å². The first-order chi connectivity index (χ1) is 20.9.